The third-order valence-corrected chi connectivity index (χ3v) is 2.98. The fourth-order valence-electron chi connectivity index (χ4n) is 1.82. The number of hydrogen-bond donors (Lipinski definition) is 2. The number of amides is 1. The standard InChI is InChI=1S/C15H16FN3O/c1-9-4-5-11(7-13(9)16)19-15(20)12-8-18-10(2)6-14(12)17-3/h4-8H,1-3H3,(H,17,18)(H,19,20). The van der Waals surface area contributed by atoms with Gasteiger partial charge in [0.2, 0.25) is 0 Å². The van der Waals surface area contributed by atoms with Crippen LogP contribution in [0.15, 0.2) is 30.5 Å². The second-order valence-corrected chi connectivity index (χ2v) is 4.54. The molecule has 5 heteroatoms. The Morgan fingerprint density at radius 2 is 2.00 bits per heavy atom. The molecule has 0 aliphatic carbocycles. The lowest BCUT2D eigenvalue weighted by Gasteiger charge is -2.10. The number of carbonyl (C=O) groups excluding carboxylic acids is 1. The van der Waals surface area contributed by atoms with Crippen LogP contribution in [-0.2, 0) is 0 Å². The Kier molecular flexibility index (Phi) is 3.98. The molecule has 0 fully saturated rings. The molecule has 0 saturated heterocycles. The van der Waals surface area contributed by atoms with Crippen LogP contribution in [0.3, 0.4) is 0 Å². The zero-order valence-electron chi connectivity index (χ0n) is 11.6. The molecule has 0 saturated carbocycles. The minimum absolute atomic E-state index is 0.329. The number of aryl methyl sites for hydroxylation is 2. The van der Waals surface area contributed by atoms with Crippen LogP contribution in [0, 0.1) is 19.7 Å². The van der Waals surface area contributed by atoms with E-state index in [1.165, 1.54) is 12.3 Å². The monoisotopic (exact) mass is 273 g/mol. The summed E-state index contributed by atoms with van der Waals surface area (Å²) in [7, 11) is 1.73. The molecule has 2 rings (SSSR count). The van der Waals surface area contributed by atoms with E-state index in [0.717, 1.165) is 5.69 Å². The van der Waals surface area contributed by atoms with Crippen molar-refractivity contribution in [1.29, 1.82) is 0 Å². The van der Waals surface area contributed by atoms with Crippen molar-refractivity contribution in [3.8, 4) is 0 Å². The van der Waals surface area contributed by atoms with E-state index in [1.807, 2.05) is 6.92 Å². The van der Waals surface area contributed by atoms with E-state index in [2.05, 4.69) is 15.6 Å². The first-order valence-electron chi connectivity index (χ1n) is 6.23. The third-order valence-electron chi connectivity index (χ3n) is 2.98. The van der Waals surface area contributed by atoms with E-state index in [0.29, 0.717) is 22.5 Å². The molecule has 2 aromatic rings. The van der Waals surface area contributed by atoms with Crippen LogP contribution in [0.4, 0.5) is 15.8 Å². The van der Waals surface area contributed by atoms with Gasteiger partial charge in [-0.15, -0.1) is 0 Å². The zero-order valence-corrected chi connectivity index (χ0v) is 11.6. The van der Waals surface area contributed by atoms with Crippen LogP contribution in [0.2, 0.25) is 0 Å². The summed E-state index contributed by atoms with van der Waals surface area (Å²) in [6, 6.07) is 6.37. The van der Waals surface area contributed by atoms with Crippen molar-refractivity contribution in [2.24, 2.45) is 0 Å². The first kappa shape index (κ1) is 14.0. The van der Waals surface area contributed by atoms with E-state index in [1.54, 1.807) is 32.2 Å². The molecule has 0 radical (unpaired) electrons. The smallest absolute Gasteiger partial charge is 0.259 e. The SMILES string of the molecule is CNc1cc(C)ncc1C(=O)Nc1ccc(C)c(F)c1. The van der Waals surface area contributed by atoms with Crippen molar-refractivity contribution in [3.63, 3.8) is 0 Å². The first-order chi connectivity index (χ1) is 9.51. The molecule has 1 aromatic heterocycles. The number of aromatic nitrogens is 1. The molecule has 1 amide bonds. The number of carbonyl (C=O) groups is 1. The number of nitrogens with one attached hydrogen (secondary N) is 2. The number of halogens is 1. The predicted octanol–water partition coefficient (Wildman–Crippen LogP) is 3.13. The van der Waals surface area contributed by atoms with Crippen molar-refractivity contribution in [2.75, 3.05) is 17.7 Å². The summed E-state index contributed by atoms with van der Waals surface area (Å²) in [5.41, 5.74) is 2.87. The summed E-state index contributed by atoms with van der Waals surface area (Å²) >= 11 is 0. The molecule has 104 valence electrons. The number of anilines is 2. The van der Waals surface area contributed by atoms with E-state index in [-0.39, 0.29) is 11.7 Å². The Hall–Kier alpha value is -2.43. The molecule has 0 spiro atoms. The maximum Gasteiger partial charge on any atom is 0.259 e. The summed E-state index contributed by atoms with van der Waals surface area (Å²) in [5.74, 6) is -0.677. The maximum absolute atomic E-state index is 13.5. The summed E-state index contributed by atoms with van der Waals surface area (Å²) in [6.07, 6.45) is 1.50. The van der Waals surface area contributed by atoms with Crippen molar-refractivity contribution in [2.45, 2.75) is 13.8 Å². The maximum atomic E-state index is 13.5. The molecule has 0 unspecified atom stereocenters. The quantitative estimate of drug-likeness (QED) is 0.903. The molecule has 0 aliphatic heterocycles. The normalized spacial score (nSPS) is 10.2. The largest absolute Gasteiger partial charge is 0.387 e. The molecular weight excluding hydrogens is 257 g/mol. The van der Waals surface area contributed by atoms with Gasteiger partial charge in [-0.05, 0) is 37.6 Å². The Morgan fingerprint density at radius 3 is 2.65 bits per heavy atom. The summed E-state index contributed by atoms with van der Waals surface area (Å²) in [4.78, 5) is 16.3. The number of benzene rings is 1. The van der Waals surface area contributed by atoms with Gasteiger partial charge < -0.3 is 10.6 Å². The Bertz CT molecular complexity index is 656. The lowest BCUT2D eigenvalue weighted by molar-refractivity contribution is 0.102. The highest BCUT2D eigenvalue weighted by molar-refractivity contribution is 6.07. The average Bonchev–Trinajstić information content (AvgIpc) is 2.42. The van der Waals surface area contributed by atoms with Gasteiger partial charge in [-0.25, -0.2) is 4.39 Å². The van der Waals surface area contributed by atoms with Gasteiger partial charge in [0, 0.05) is 24.6 Å². The molecule has 0 atom stereocenters. The minimum atomic E-state index is -0.348. The summed E-state index contributed by atoms with van der Waals surface area (Å²) in [6.45, 7) is 3.52. The third kappa shape index (κ3) is 2.93. The van der Waals surface area contributed by atoms with E-state index >= 15 is 0 Å². The van der Waals surface area contributed by atoms with Gasteiger partial charge in [-0.2, -0.15) is 0 Å². The highest BCUT2D eigenvalue weighted by Crippen LogP contribution is 2.18. The van der Waals surface area contributed by atoms with E-state index in [4.69, 9.17) is 0 Å². The van der Waals surface area contributed by atoms with Gasteiger partial charge in [0.15, 0.2) is 0 Å². The van der Waals surface area contributed by atoms with Crippen LogP contribution >= 0.6 is 0 Å². The number of pyridine rings is 1. The Labute approximate surface area is 117 Å². The molecule has 20 heavy (non-hydrogen) atoms. The van der Waals surface area contributed by atoms with Gasteiger partial charge in [0.1, 0.15) is 5.82 Å². The molecule has 1 aromatic carbocycles. The van der Waals surface area contributed by atoms with Crippen molar-refractivity contribution in [1.82, 2.24) is 4.98 Å². The van der Waals surface area contributed by atoms with Gasteiger partial charge >= 0.3 is 0 Å². The number of rotatable bonds is 3. The van der Waals surface area contributed by atoms with Crippen molar-refractivity contribution < 1.29 is 9.18 Å². The summed E-state index contributed by atoms with van der Waals surface area (Å²) in [5, 5.41) is 5.61. The van der Waals surface area contributed by atoms with Crippen molar-refractivity contribution >= 4 is 17.3 Å². The van der Waals surface area contributed by atoms with E-state index in [9.17, 15) is 9.18 Å². The van der Waals surface area contributed by atoms with Crippen LogP contribution in [0.1, 0.15) is 21.6 Å². The van der Waals surface area contributed by atoms with Crippen LogP contribution < -0.4 is 10.6 Å². The average molecular weight is 273 g/mol. The van der Waals surface area contributed by atoms with Crippen molar-refractivity contribution in [3.05, 3.63) is 53.1 Å². The topological polar surface area (TPSA) is 54.0 Å². The second kappa shape index (κ2) is 5.69. The number of hydrogen-bond acceptors (Lipinski definition) is 3. The molecule has 0 bridgehead atoms. The summed E-state index contributed by atoms with van der Waals surface area (Å²) < 4.78 is 13.5. The predicted molar refractivity (Wildman–Crippen MR) is 77.6 cm³/mol. The fraction of sp³-hybridized carbons (Fsp3) is 0.200. The number of nitrogens with zero attached hydrogens (tertiary/aromatic N) is 1. The Balaban J connectivity index is 2.25. The van der Waals surface area contributed by atoms with E-state index < -0.39 is 0 Å². The van der Waals surface area contributed by atoms with Crippen LogP contribution in [0.25, 0.3) is 0 Å². The van der Waals surface area contributed by atoms with Crippen LogP contribution in [-0.4, -0.2) is 17.9 Å². The second-order valence-electron chi connectivity index (χ2n) is 4.54. The van der Waals surface area contributed by atoms with Crippen LogP contribution in [0.5, 0.6) is 0 Å². The highest BCUT2D eigenvalue weighted by Gasteiger charge is 2.12. The molecule has 0 aliphatic rings. The van der Waals surface area contributed by atoms with Gasteiger partial charge in [0.25, 0.3) is 5.91 Å². The van der Waals surface area contributed by atoms with Gasteiger partial charge in [-0.3, -0.25) is 9.78 Å². The molecule has 2 N–H and O–H groups in total. The molecule has 1 heterocycles. The molecule has 4 nitrogen and oxygen atoms in total. The van der Waals surface area contributed by atoms with Gasteiger partial charge in [0.05, 0.1) is 11.3 Å². The lowest BCUT2D eigenvalue weighted by Crippen LogP contribution is -2.15. The van der Waals surface area contributed by atoms with Gasteiger partial charge in [-0.1, -0.05) is 6.07 Å². The first-order valence-corrected chi connectivity index (χ1v) is 6.23. The minimum Gasteiger partial charge on any atom is -0.387 e. The fourth-order valence-corrected chi connectivity index (χ4v) is 1.82. The zero-order chi connectivity index (χ0) is 14.7. The molecular formula is C15H16FN3O. The Morgan fingerprint density at radius 1 is 1.25 bits per heavy atom. The highest BCUT2D eigenvalue weighted by atomic mass is 19.1. The lowest BCUT2D eigenvalue weighted by atomic mass is 10.1.